The fraction of sp³-hybridized carbons (Fsp3) is 0.0435. The van der Waals surface area contributed by atoms with Crippen molar-refractivity contribution >= 4 is 11.8 Å². The van der Waals surface area contributed by atoms with E-state index in [0.29, 0.717) is 11.3 Å². The van der Waals surface area contributed by atoms with Gasteiger partial charge in [0.25, 0.3) is 0 Å². The van der Waals surface area contributed by atoms with Gasteiger partial charge in [-0.2, -0.15) is 4.98 Å². The van der Waals surface area contributed by atoms with Crippen LogP contribution in [0.25, 0.3) is 11.4 Å². The number of nitrogens with one attached hydrogen (secondary N) is 1. The molecule has 0 aliphatic heterocycles. The molecule has 10 nitrogen and oxygen atoms in total. The van der Waals surface area contributed by atoms with Crippen LogP contribution in [0.4, 0.5) is 0 Å². The Hall–Kier alpha value is -4.86. The normalized spacial score (nSPS) is 10.6. The Morgan fingerprint density at radius 2 is 1.82 bits per heavy atom. The van der Waals surface area contributed by atoms with Crippen LogP contribution in [0.1, 0.15) is 15.9 Å². The standard InChI is InChI=1S/C23H19N5O5/c1-28-8-7-26-22(28)14-3-2-4-16(9-14)32-19-11-15(23(30)31)12-20(27-19)33-18-10-13(21(24)25)5-6-17(18)29/h2-12,29H,1H3,(H3,24,25)(H,30,31). The SMILES string of the molecule is Cn1ccnc1-c1cccc(Oc2cc(C(=O)O)cc(Oc3cc(C(=N)N)ccc3O)n2)c1. The minimum Gasteiger partial charge on any atom is -0.504 e. The molecule has 0 radical (unpaired) electrons. The summed E-state index contributed by atoms with van der Waals surface area (Å²) in [6.45, 7) is 0. The first-order valence-corrected chi connectivity index (χ1v) is 9.66. The summed E-state index contributed by atoms with van der Waals surface area (Å²) in [5.41, 5.74) is 6.48. The number of nitrogen functional groups attached to an aromatic ring is 1. The Morgan fingerprint density at radius 3 is 2.48 bits per heavy atom. The molecule has 2 heterocycles. The first-order chi connectivity index (χ1) is 15.8. The fourth-order valence-electron chi connectivity index (χ4n) is 3.05. The topological polar surface area (TPSA) is 157 Å². The molecule has 0 fully saturated rings. The number of nitrogens with zero attached hydrogens (tertiary/aromatic N) is 3. The van der Waals surface area contributed by atoms with Gasteiger partial charge in [-0.1, -0.05) is 12.1 Å². The zero-order chi connectivity index (χ0) is 23.5. The van der Waals surface area contributed by atoms with Crippen LogP contribution in [0.5, 0.6) is 29.0 Å². The predicted molar refractivity (Wildman–Crippen MR) is 119 cm³/mol. The summed E-state index contributed by atoms with van der Waals surface area (Å²) in [6.07, 6.45) is 3.50. The van der Waals surface area contributed by atoms with Crippen LogP contribution in [0.3, 0.4) is 0 Å². The molecule has 0 aliphatic carbocycles. The lowest BCUT2D eigenvalue weighted by molar-refractivity contribution is 0.0696. The third-order valence-electron chi connectivity index (χ3n) is 4.65. The number of benzene rings is 2. The quantitative estimate of drug-likeness (QED) is 0.247. The van der Waals surface area contributed by atoms with Crippen molar-refractivity contribution in [2.75, 3.05) is 0 Å². The maximum Gasteiger partial charge on any atom is 0.336 e. The number of hydrogen-bond acceptors (Lipinski definition) is 7. The first kappa shape index (κ1) is 21.4. The molecule has 5 N–H and O–H groups in total. The number of hydrogen-bond donors (Lipinski definition) is 4. The molecule has 33 heavy (non-hydrogen) atoms. The molecule has 0 amide bonds. The highest BCUT2D eigenvalue weighted by molar-refractivity contribution is 5.95. The summed E-state index contributed by atoms with van der Waals surface area (Å²) in [6, 6.07) is 13.7. The number of phenols is 1. The van der Waals surface area contributed by atoms with Gasteiger partial charge in [0, 0.05) is 42.7 Å². The molecule has 166 valence electrons. The summed E-state index contributed by atoms with van der Waals surface area (Å²) >= 11 is 0. The van der Waals surface area contributed by atoms with E-state index >= 15 is 0 Å². The Balaban J connectivity index is 1.67. The lowest BCUT2D eigenvalue weighted by Gasteiger charge is -2.12. The van der Waals surface area contributed by atoms with Crippen molar-refractivity contribution in [3.8, 4) is 40.4 Å². The molecule has 0 unspecified atom stereocenters. The highest BCUT2D eigenvalue weighted by atomic mass is 16.5. The highest BCUT2D eigenvalue weighted by Crippen LogP contribution is 2.33. The van der Waals surface area contributed by atoms with E-state index in [1.54, 1.807) is 24.4 Å². The Kier molecular flexibility index (Phi) is 5.64. The van der Waals surface area contributed by atoms with E-state index in [1.165, 1.54) is 30.3 Å². The Bertz CT molecular complexity index is 1370. The van der Waals surface area contributed by atoms with Crippen molar-refractivity contribution in [3.05, 3.63) is 78.1 Å². The van der Waals surface area contributed by atoms with Gasteiger partial charge >= 0.3 is 5.97 Å². The van der Waals surface area contributed by atoms with Crippen LogP contribution < -0.4 is 15.2 Å². The molecular formula is C23H19N5O5. The molecule has 0 aliphatic rings. The molecule has 0 spiro atoms. The third-order valence-corrected chi connectivity index (χ3v) is 4.65. The molecule has 4 rings (SSSR count). The van der Waals surface area contributed by atoms with E-state index in [0.717, 1.165) is 11.4 Å². The Labute approximate surface area is 188 Å². The molecule has 2 aromatic carbocycles. The molecule has 10 heteroatoms. The number of phenolic OH excluding ortho intramolecular Hbond substituents is 1. The molecule has 0 bridgehead atoms. The van der Waals surface area contributed by atoms with Gasteiger partial charge in [-0.15, -0.1) is 0 Å². The fourth-order valence-corrected chi connectivity index (χ4v) is 3.05. The number of carbonyl (C=O) groups is 1. The molecule has 4 aromatic rings. The van der Waals surface area contributed by atoms with Crippen molar-refractivity contribution in [2.24, 2.45) is 12.8 Å². The van der Waals surface area contributed by atoms with Crippen LogP contribution in [0.2, 0.25) is 0 Å². The maximum absolute atomic E-state index is 11.6. The largest absolute Gasteiger partial charge is 0.504 e. The summed E-state index contributed by atoms with van der Waals surface area (Å²) in [5, 5.41) is 27.1. The minimum atomic E-state index is -1.21. The van der Waals surface area contributed by atoms with E-state index in [1.807, 2.05) is 23.9 Å². The van der Waals surface area contributed by atoms with Gasteiger partial charge in [-0.05, 0) is 30.3 Å². The zero-order valence-electron chi connectivity index (χ0n) is 17.4. The number of aromatic carboxylic acids is 1. The molecule has 0 saturated heterocycles. The van der Waals surface area contributed by atoms with Gasteiger partial charge in [-0.25, -0.2) is 9.78 Å². The summed E-state index contributed by atoms with van der Waals surface area (Å²) in [7, 11) is 1.87. The van der Waals surface area contributed by atoms with E-state index < -0.39 is 5.97 Å². The number of carboxylic acid groups (broad SMARTS) is 1. The lowest BCUT2D eigenvalue weighted by Crippen LogP contribution is -2.10. The van der Waals surface area contributed by atoms with Gasteiger partial charge in [0.1, 0.15) is 17.4 Å². The van der Waals surface area contributed by atoms with Crippen LogP contribution in [-0.4, -0.2) is 36.6 Å². The second-order valence-electron chi connectivity index (χ2n) is 7.03. The number of aromatic hydroxyl groups is 1. The number of aromatic nitrogens is 3. The zero-order valence-corrected chi connectivity index (χ0v) is 17.4. The Morgan fingerprint density at radius 1 is 1.06 bits per heavy atom. The summed E-state index contributed by atoms with van der Waals surface area (Å²) in [5.74, 6) is -0.701. The number of aryl methyl sites for hydroxylation is 1. The number of nitrogens with two attached hydrogens (primary N) is 1. The van der Waals surface area contributed by atoms with Gasteiger partial charge < -0.3 is 30.0 Å². The summed E-state index contributed by atoms with van der Waals surface area (Å²) < 4.78 is 13.3. The maximum atomic E-state index is 11.6. The number of carboxylic acids is 1. The number of rotatable bonds is 7. The van der Waals surface area contributed by atoms with E-state index in [4.69, 9.17) is 20.6 Å². The first-order valence-electron chi connectivity index (χ1n) is 9.66. The second-order valence-corrected chi connectivity index (χ2v) is 7.03. The highest BCUT2D eigenvalue weighted by Gasteiger charge is 2.15. The van der Waals surface area contributed by atoms with Gasteiger partial charge in [-0.3, -0.25) is 5.41 Å². The molecule has 2 aromatic heterocycles. The van der Waals surface area contributed by atoms with Crippen LogP contribution in [-0.2, 0) is 7.05 Å². The number of amidine groups is 1. The predicted octanol–water partition coefficient (Wildman–Crippen LogP) is 3.75. The number of imidazole rings is 1. The van der Waals surface area contributed by atoms with Crippen LogP contribution in [0.15, 0.2) is 67.0 Å². The average molecular weight is 445 g/mol. The average Bonchev–Trinajstić information content (AvgIpc) is 3.21. The van der Waals surface area contributed by atoms with Crippen LogP contribution in [0, 0.1) is 5.41 Å². The van der Waals surface area contributed by atoms with Gasteiger partial charge in [0.2, 0.25) is 11.8 Å². The van der Waals surface area contributed by atoms with Crippen LogP contribution >= 0.6 is 0 Å². The second kappa shape index (κ2) is 8.71. The monoisotopic (exact) mass is 445 g/mol. The van der Waals surface area contributed by atoms with Gasteiger partial charge in [0.05, 0.1) is 5.56 Å². The van der Waals surface area contributed by atoms with Crippen molar-refractivity contribution < 1.29 is 24.5 Å². The van der Waals surface area contributed by atoms with Crippen molar-refractivity contribution in [3.63, 3.8) is 0 Å². The van der Waals surface area contributed by atoms with E-state index in [9.17, 15) is 15.0 Å². The van der Waals surface area contributed by atoms with Crippen molar-refractivity contribution in [1.82, 2.24) is 14.5 Å². The van der Waals surface area contributed by atoms with Crippen molar-refractivity contribution in [2.45, 2.75) is 0 Å². The third kappa shape index (κ3) is 4.74. The van der Waals surface area contributed by atoms with Crippen molar-refractivity contribution in [1.29, 1.82) is 5.41 Å². The number of pyridine rings is 1. The van der Waals surface area contributed by atoms with Gasteiger partial charge in [0.15, 0.2) is 11.5 Å². The van der Waals surface area contributed by atoms with E-state index in [2.05, 4.69) is 9.97 Å². The molecule has 0 atom stereocenters. The smallest absolute Gasteiger partial charge is 0.336 e. The van der Waals surface area contributed by atoms with E-state index in [-0.39, 0.29) is 34.7 Å². The molecular weight excluding hydrogens is 426 g/mol. The minimum absolute atomic E-state index is 0.0240. The lowest BCUT2D eigenvalue weighted by atomic mass is 10.2. The molecule has 0 saturated carbocycles. The summed E-state index contributed by atoms with van der Waals surface area (Å²) in [4.78, 5) is 20.1. The number of ether oxygens (including phenoxy) is 2.